The lowest BCUT2D eigenvalue weighted by Crippen LogP contribution is -2.35. The number of hydrogen-bond donors (Lipinski definition) is 1. The topological polar surface area (TPSA) is 88.9 Å². The number of H-pyrrole nitrogens is 1. The van der Waals surface area contributed by atoms with E-state index < -0.39 is 0 Å². The molecule has 0 aromatic carbocycles. The first-order valence-corrected chi connectivity index (χ1v) is 8.49. The van der Waals surface area contributed by atoms with Crippen LogP contribution in [0, 0.1) is 0 Å². The number of ether oxygens (including phenoxy) is 1. The fraction of sp³-hybridized carbons (Fsp3) is 0.333. The maximum absolute atomic E-state index is 12.8. The van der Waals surface area contributed by atoms with E-state index in [1.165, 1.54) is 0 Å². The van der Waals surface area contributed by atoms with E-state index in [2.05, 4.69) is 20.1 Å². The molecule has 4 rings (SSSR count). The zero-order valence-electron chi connectivity index (χ0n) is 14.4. The Bertz CT molecular complexity index is 861. The Morgan fingerprint density at radius 2 is 2.27 bits per heavy atom. The number of aromatic nitrogens is 5. The average Bonchev–Trinajstić information content (AvgIpc) is 3.42. The molecule has 0 radical (unpaired) electrons. The highest BCUT2D eigenvalue weighted by molar-refractivity contribution is 5.76. The van der Waals surface area contributed by atoms with Gasteiger partial charge in [-0.05, 0) is 18.2 Å². The fourth-order valence-corrected chi connectivity index (χ4v) is 3.30. The van der Waals surface area contributed by atoms with Gasteiger partial charge in [0.1, 0.15) is 12.4 Å². The van der Waals surface area contributed by atoms with Gasteiger partial charge in [0.05, 0.1) is 24.0 Å². The highest BCUT2D eigenvalue weighted by Gasteiger charge is 2.38. The van der Waals surface area contributed by atoms with Crippen LogP contribution in [-0.2, 0) is 16.1 Å². The van der Waals surface area contributed by atoms with Gasteiger partial charge in [-0.2, -0.15) is 5.10 Å². The van der Waals surface area contributed by atoms with Gasteiger partial charge in [-0.3, -0.25) is 14.5 Å². The van der Waals surface area contributed by atoms with E-state index in [1.807, 2.05) is 17.0 Å². The molecule has 26 heavy (non-hydrogen) atoms. The number of aromatic amines is 1. The van der Waals surface area contributed by atoms with Crippen LogP contribution in [0.25, 0.3) is 11.3 Å². The Labute approximate surface area is 150 Å². The monoisotopic (exact) mass is 352 g/mol. The summed E-state index contributed by atoms with van der Waals surface area (Å²) in [6.45, 7) is 0.750. The Morgan fingerprint density at radius 1 is 1.35 bits per heavy atom. The second kappa shape index (κ2) is 7.09. The number of pyridine rings is 1. The van der Waals surface area contributed by atoms with Crippen LogP contribution < -0.4 is 0 Å². The highest BCUT2D eigenvalue weighted by Crippen LogP contribution is 2.33. The molecule has 1 aliphatic heterocycles. The third-order valence-electron chi connectivity index (χ3n) is 4.66. The summed E-state index contributed by atoms with van der Waals surface area (Å²) in [4.78, 5) is 26.6. The molecule has 3 aromatic rings. The lowest BCUT2D eigenvalue weighted by atomic mass is 10.2. The number of imidazole rings is 1. The lowest BCUT2D eigenvalue weighted by Gasteiger charge is -2.23. The Balaban J connectivity index is 1.57. The van der Waals surface area contributed by atoms with Crippen molar-refractivity contribution in [2.24, 2.45) is 0 Å². The van der Waals surface area contributed by atoms with Crippen LogP contribution in [-0.4, -0.2) is 55.3 Å². The molecule has 1 amide bonds. The van der Waals surface area contributed by atoms with E-state index in [0.29, 0.717) is 13.0 Å². The van der Waals surface area contributed by atoms with E-state index in [1.54, 1.807) is 48.8 Å². The van der Waals surface area contributed by atoms with Crippen LogP contribution >= 0.6 is 0 Å². The molecule has 0 saturated carbocycles. The van der Waals surface area contributed by atoms with Crippen molar-refractivity contribution in [3.05, 3.63) is 55.0 Å². The summed E-state index contributed by atoms with van der Waals surface area (Å²) in [5, 5.41) is 4.12. The molecule has 0 unspecified atom stereocenters. The maximum atomic E-state index is 12.8. The highest BCUT2D eigenvalue weighted by atomic mass is 16.5. The molecule has 8 heteroatoms. The number of carbonyl (C=O) groups excluding carboxylic acids is 1. The van der Waals surface area contributed by atoms with E-state index >= 15 is 0 Å². The fourth-order valence-electron chi connectivity index (χ4n) is 3.30. The van der Waals surface area contributed by atoms with Gasteiger partial charge in [0.25, 0.3) is 0 Å². The van der Waals surface area contributed by atoms with Crippen molar-refractivity contribution in [3.8, 4) is 11.3 Å². The summed E-state index contributed by atoms with van der Waals surface area (Å²) < 4.78 is 7.13. The van der Waals surface area contributed by atoms with Crippen molar-refractivity contribution in [1.82, 2.24) is 29.6 Å². The van der Waals surface area contributed by atoms with Crippen molar-refractivity contribution in [2.75, 3.05) is 13.7 Å². The molecular weight excluding hydrogens is 332 g/mol. The van der Waals surface area contributed by atoms with E-state index in [4.69, 9.17) is 4.74 Å². The molecule has 1 fully saturated rings. The van der Waals surface area contributed by atoms with Crippen molar-refractivity contribution in [3.63, 3.8) is 0 Å². The number of likely N-dealkylation sites (tertiary alicyclic amines) is 1. The molecule has 8 nitrogen and oxygen atoms in total. The minimum absolute atomic E-state index is 0.00224. The summed E-state index contributed by atoms with van der Waals surface area (Å²) >= 11 is 0. The standard InChI is InChI=1S/C18H20N6O2/c1-26-14-8-16(24(11-14)17(25)12-23-7-3-6-21-23)18-20-10-15(22-18)13-4-2-5-19-9-13/h2-7,9-10,14,16H,8,11-12H2,1H3,(H,20,22)/t14-,16+/m1/s1. The molecule has 1 N–H and O–H groups in total. The minimum Gasteiger partial charge on any atom is -0.380 e. The summed E-state index contributed by atoms with van der Waals surface area (Å²) in [5.41, 5.74) is 1.84. The van der Waals surface area contributed by atoms with Crippen LogP contribution in [0.5, 0.6) is 0 Å². The van der Waals surface area contributed by atoms with Crippen LogP contribution in [0.2, 0.25) is 0 Å². The van der Waals surface area contributed by atoms with Crippen LogP contribution in [0.1, 0.15) is 18.3 Å². The summed E-state index contributed by atoms with van der Waals surface area (Å²) in [6, 6.07) is 5.51. The third kappa shape index (κ3) is 3.23. The van der Waals surface area contributed by atoms with E-state index in [0.717, 1.165) is 17.1 Å². The maximum Gasteiger partial charge on any atom is 0.245 e. The van der Waals surface area contributed by atoms with Crippen LogP contribution in [0.3, 0.4) is 0 Å². The molecule has 0 spiro atoms. The number of hydrogen-bond acceptors (Lipinski definition) is 5. The number of nitrogens with zero attached hydrogens (tertiary/aromatic N) is 5. The van der Waals surface area contributed by atoms with Crippen molar-refractivity contribution in [2.45, 2.75) is 25.1 Å². The zero-order chi connectivity index (χ0) is 17.9. The zero-order valence-corrected chi connectivity index (χ0v) is 14.4. The first-order chi connectivity index (χ1) is 12.7. The lowest BCUT2D eigenvalue weighted by molar-refractivity contribution is -0.133. The van der Waals surface area contributed by atoms with Gasteiger partial charge < -0.3 is 14.6 Å². The first-order valence-electron chi connectivity index (χ1n) is 8.49. The van der Waals surface area contributed by atoms with Gasteiger partial charge in [0, 0.05) is 50.4 Å². The van der Waals surface area contributed by atoms with Crippen molar-refractivity contribution >= 4 is 5.91 Å². The number of amides is 1. The summed E-state index contributed by atoms with van der Waals surface area (Å²) in [7, 11) is 1.67. The molecule has 134 valence electrons. The van der Waals surface area contributed by atoms with Crippen molar-refractivity contribution < 1.29 is 9.53 Å². The molecule has 4 heterocycles. The molecule has 0 aliphatic carbocycles. The van der Waals surface area contributed by atoms with Crippen LogP contribution in [0.4, 0.5) is 0 Å². The summed E-state index contributed by atoms with van der Waals surface area (Å²) in [5.74, 6) is 0.759. The third-order valence-corrected chi connectivity index (χ3v) is 4.66. The smallest absolute Gasteiger partial charge is 0.245 e. The van der Waals surface area contributed by atoms with Gasteiger partial charge in [-0.15, -0.1) is 0 Å². The van der Waals surface area contributed by atoms with Crippen molar-refractivity contribution in [1.29, 1.82) is 0 Å². The summed E-state index contributed by atoms with van der Waals surface area (Å²) in [6.07, 6.45) is 9.45. The average molecular weight is 352 g/mol. The minimum atomic E-state index is -0.145. The number of carbonyl (C=O) groups is 1. The number of methoxy groups -OCH3 is 1. The second-order valence-corrected chi connectivity index (χ2v) is 6.28. The molecule has 3 aromatic heterocycles. The molecule has 0 bridgehead atoms. The molecular formula is C18H20N6O2. The van der Waals surface area contributed by atoms with Gasteiger partial charge in [-0.25, -0.2) is 4.98 Å². The normalized spacial score (nSPS) is 19.8. The van der Waals surface area contributed by atoms with Gasteiger partial charge in [0.15, 0.2) is 0 Å². The quantitative estimate of drug-likeness (QED) is 0.754. The Kier molecular flexibility index (Phi) is 4.49. The predicted molar refractivity (Wildman–Crippen MR) is 93.9 cm³/mol. The second-order valence-electron chi connectivity index (χ2n) is 6.28. The predicted octanol–water partition coefficient (Wildman–Crippen LogP) is 1.66. The van der Waals surface area contributed by atoms with E-state index in [9.17, 15) is 4.79 Å². The molecule has 2 atom stereocenters. The largest absolute Gasteiger partial charge is 0.380 e. The van der Waals surface area contributed by atoms with E-state index in [-0.39, 0.29) is 24.6 Å². The number of rotatable bonds is 5. The number of nitrogens with one attached hydrogen (secondary N) is 1. The van der Waals surface area contributed by atoms with Crippen LogP contribution in [0.15, 0.2) is 49.2 Å². The SMILES string of the molecule is CO[C@@H]1C[C@@H](c2ncc(-c3cccnc3)[nH]2)N(C(=O)Cn2cccn2)C1. The molecule has 1 saturated heterocycles. The molecule has 1 aliphatic rings. The Morgan fingerprint density at radius 3 is 3.00 bits per heavy atom. The first kappa shape index (κ1) is 16.5. The van der Waals surface area contributed by atoms with Gasteiger partial charge in [-0.1, -0.05) is 0 Å². The van der Waals surface area contributed by atoms with Gasteiger partial charge in [0.2, 0.25) is 5.91 Å². The van der Waals surface area contributed by atoms with Gasteiger partial charge >= 0.3 is 0 Å². The Hall–Kier alpha value is -3.00.